The first-order chi connectivity index (χ1) is 8.67. The van der Waals surface area contributed by atoms with E-state index in [1.807, 2.05) is 6.92 Å². The highest BCUT2D eigenvalue weighted by Crippen LogP contribution is 2.34. The molecule has 1 aliphatic carbocycles. The minimum atomic E-state index is 0.297. The fourth-order valence-corrected chi connectivity index (χ4v) is 3.57. The highest BCUT2D eigenvalue weighted by Gasteiger charge is 2.26. The van der Waals surface area contributed by atoms with Gasteiger partial charge in [-0.25, -0.2) is 0 Å². The molecule has 0 aromatic carbocycles. The molecule has 0 amide bonds. The summed E-state index contributed by atoms with van der Waals surface area (Å²) < 4.78 is 3.19. The molecule has 1 aromatic rings. The third kappa shape index (κ3) is 2.80. The van der Waals surface area contributed by atoms with Gasteiger partial charge in [0.05, 0.1) is 15.9 Å². The zero-order valence-electron chi connectivity index (χ0n) is 11.3. The molecule has 2 rings (SSSR count). The summed E-state index contributed by atoms with van der Waals surface area (Å²) >= 11 is 3.64. The van der Waals surface area contributed by atoms with E-state index in [1.54, 1.807) is 0 Å². The maximum Gasteiger partial charge on any atom is 0.0738 e. The number of hydrogen-bond acceptors (Lipinski definition) is 2. The van der Waals surface area contributed by atoms with Crippen molar-refractivity contribution in [3.63, 3.8) is 0 Å². The molecule has 1 aromatic heterocycles. The van der Waals surface area contributed by atoms with E-state index in [2.05, 4.69) is 32.6 Å². The van der Waals surface area contributed by atoms with Gasteiger partial charge in [0.1, 0.15) is 0 Å². The summed E-state index contributed by atoms with van der Waals surface area (Å²) in [7, 11) is 0. The molecule has 1 aliphatic rings. The van der Waals surface area contributed by atoms with Gasteiger partial charge in [0.2, 0.25) is 0 Å². The second kappa shape index (κ2) is 6.20. The highest BCUT2D eigenvalue weighted by atomic mass is 79.9. The van der Waals surface area contributed by atoms with Gasteiger partial charge in [-0.2, -0.15) is 5.10 Å². The predicted molar refractivity (Wildman–Crippen MR) is 76.6 cm³/mol. The summed E-state index contributed by atoms with van der Waals surface area (Å²) in [4.78, 5) is 0. The average molecular weight is 315 g/mol. The lowest BCUT2D eigenvalue weighted by Gasteiger charge is -2.21. The van der Waals surface area contributed by atoms with Crippen LogP contribution in [-0.2, 0) is 13.0 Å². The summed E-state index contributed by atoms with van der Waals surface area (Å²) in [5, 5.41) is 14.2. The first kappa shape index (κ1) is 14.1. The summed E-state index contributed by atoms with van der Waals surface area (Å²) in [6.07, 6.45) is 6.16. The van der Waals surface area contributed by atoms with Crippen molar-refractivity contribution in [2.75, 3.05) is 6.61 Å². The lowest BCUT2D eigenvalue weighted by Crippen LogP contribution is -2.20. The largest absolute Gasteiger partial charge is 0.396 e. The summed E-state index contributed by atoms with van der Waals surface area (Å²) in [6, 6.07) is 0. The van der Waals surface area contributed by atoms with Gasteiger partial charge in [-0.15, -0.1) is 0 Å². The normalized spacial score (nSPS) is 18.4. The molecule has 0 aliphatic heterocycles. The van der Waals surface area contributed by atoms with E-state index >= 15 is 0 Å². The second-order valence-corrected chi connectivity index (χ2v) is 6.15. The Labute approximate surface area is 118 Å². The van der Waals surface area contributed by atoms with Crippen LogP contribution in [0.2, 0.25) is 0 Å². The van der Waals surface area contributed by atoms with E-state index in [1.165, 1.54) is 31.4 Å². The smallest absolute Gasteiger partial charge is 0.0738 e. The quantitative estimate of drug-likeness (QED) is 0.905. The van der Waals surface area contributed by atoms with Crippen molar-refractivity contribution in [1.82, 2.24) is 9.78 Å². The first-order valence-electron chi connectivity index (χ1n) is 7.00. The molecule has 4 heteroatoms. The zero-order valence-corrected chi connectivity index (χ0v) is 12.9. The Balaban J connectivity index is 2.15. The maximum atomic E-state index is 9.66. The third-order valence-electron chi connectivity index (χ3n) is 4.21. The van der Waals surface area contributed by atoms with Crippen molar-refractivity contribution in [3.05, 3.63) is 15.9 Å². The molecule has 0 radical (unpaired) electrons. The lowest BCUT2D eigenvalue weighted by atomic mass is 9.87. The van der Waals surface area contributed by atoms with Crippen LogP contribution in [0.4, 0.5) is 0 Å². The Morgan fingerprint density at radius 1 is 1.44 bits per heavy atom. The topological polar surface area (TPSA) is 38.0 Å². The molecule has 1 unspecified atom stereocenters. The Bertz CT molecular complexity index is 397. The van der Waals surface area contributed by atoms with Crippen LogP contribution in [0.3, 0.4) is 0 Å². The number of aliphatic hydroxyl groups excluding tert-OH is 1. The van der Waals surface area contributed by atoms with Crippen LogP contribution in [0.15, 0.2) is 4.47 Å². The van der Waals surface area contributed by atoms with Crippen molar-refractivity contribution in [2.45, 2.75) is 52.5 Å². The van der Waals surface area contributed by atoms with Gasteiger partial charge < -0.3 is 5.11 Å². The molecular weight excluding hydrogens is 292 g/mol. The summed E-state index contributed by atoms with van der Waals surface area (Å²) in [6.45, 7) is 5.34. The van der Waals surface area contributed by atoms with Gasteiger partial charge in [-0.1, -0.05) is 25.7 Å². The van der Waals surface area contributed by atoms with Gasteiger partial charge in [0.25, 0.3) is 0 Å². The number of aryl methyl sites for hydroxylation is 2. The van der Waals surface area contributed by atoms with E-state index in [0.717, 1.165) is 23.1 Å². The Hall–Kier alpha value is -0.350. The molecule has 1 atom stereocenters. The van der Waals surface area contributed by atoms with Crippen LogP contribution in [0.1, 0.15) is 44.0 Å². The molecule has 0 bridgehead atoms. The number of aliphatic hydroxyl groups is 1. The van der Waals surface area contributed by atoms with Crippen molar-refractivity contribution in [3.8, 4) is 0 Å². The molecule has 1 saturated carbocycles. The predicted octanol–water partition coefficient (Wildman–Crippen LogP) is 3.32. The number of nitrogens with zero attached hydrogens (tertiary/aromatic N) is 2. The number of aromatic nitrogens is 2. The second-order valence-electron chi connectivity index (χ2n) is 5.35. The van der Waals surface area contributed by atoms with Crippen LogP contribution < -0.4 is 0 Å². The number of rotatable bonds is 5. The van der Waals surface area contributed by atoms with E-state index in [-0.39, 0.29) is 0 Å². The Morgan fingerprint density at radius 3 is 2.67 bits per heavy atom. The third-order valence-corrected chi connectivity index (χ3v) is 5.24. The average Bonchev–Trinajstić information content (AvgIpc) is 2.98. The zero-order chi connectivity index (χ0) is 13.1. The van der Waals surface area contributed by atoms with Crippen molar-refractivity contribution in [2.24, 2.45) is 11.8 Å². The molecular formula is C14H23BrN2O. The van der Waals surface area contributed by atoms with Crippen molar-refractivity contribution >= 4 is 15.9 Å². The molecule has 1 fully saturated rings. The van der Waals surface area contributed by atoms with Crippen LogP contribution in [0, 0.1) is 18.8 Å². The van der Waals surface area contributed by atoms with Gasteiger partial charge in [-0.3, -0.25) is 4.68 Å². The molecule has 1 heterocycles. The van der Waals surface area contributed by atoms with Crippen LogP contribution in [-0.4, -0.2) is 21.5 Å². The SMILES string of the molecule is CCn1nc(C)c(Br)c1CC(CO)C1CCCC1. The van der Waals surface area contributed by atoms with Crippen molar-refractivity contribution in [1.29, 1.82) is 0 Å². The number of hydrogen-bond donors (Lipinski definition) is 1. The first-order valence-corrected chi connectivity index (χ1v) is 7.79. The van der Waals surface area contributed by atoms with E-state index in [9.17, 15) is 5.11 Å². The lowest BCUT2D eigenvalue weighted by molar-refractivity contribution is 0.173. The monoisotopic (exact) mass is 314 g/mol. The molecule has 1 N–H and O–H groups in total. The standard InChI is InChI=1S/C14H23BrN2O/c1-3-17-13(14(15)10(2)16-17)8-12(9-18)11-6-4-5-7-11/h11-12,18H,3-9H2,1-2H3. The van der Waals surface area contributed by atoms with E-state index < -0.39 is 0 Å². The Kier molecular flexibility index (Phi) is 4.84. The molecule has 3 nitrogen and oxygen atoms in total. The van der Waals surface area contributed by atoms with Crippen LogP contribution >= 0.6 is 15.9 Å². The van der Waals surface area contributed by atoms with Gasteiger partial charge in [0.15, 0.2) is 0 Å². The maximum absolute atomic E-state index is 9.66. The van der Waals surface area contributed by atoms with E-state index in [4.69, 9.17) is 0 Å². The van der Waals surface area contributed by atoms with E-state index in [0.29, 0.717) is 18.4 Å². The number of halogens is 1. The minimum Gasteiger partial charge on any atom is -0.396 e. The minimum absolute atomic E-state index is 0.297. The fourth-order valence-electron chi connectivity index (χ4n) is 3.12. The van der Waals surface area contributed by atoms with Crippen LogP contribution in [0.25, 0.3) is 0 Å². The molecule has 0 spiro atoms. The molecule has 18 heavy (non-hydrogen) atoms. The summed E-state index contributed by atoms with van der Waals surface area (Å²) in [5.41, 5.74) is 2.30. The Morgan fingerprint density at radius 2 is 2.11 bits per heavy atom. The van der Waals surface area contributed by atoms with Crippen LogP contribution in [0.5, 0.6) is 0 Å². The molecule has 102 valence electrons. The van der Waals surface area contributed by atoms with Gasteiger partial charge >= 0.3 is 0 Å². The van der Waals surface area contributed by atoms with Gasteiger partial charge in [0, 0.05) is 13.2 Å². The van der Waals surface area contributed by atoms with Crippen molar-refractivity contribution < 1.29 is 5.11 Å². The fraction of sp³-hybridized carbons (Fsp3) is 0.786. The highest BCUT2D eigenvalue weighted by molar-refractivity contribution is 9.10. The summed E-state index contributed by atoms with van der Waals surface area (Å²) in [5.74, 6) is 1.09. The molecule has 0 saturated heterocycles. The van der Waals surface area contributed by atoms with Gasteiger partial charge in [-0.05, 0) is 48.0 Å².